The lowest BCUT2D eigenvalue weighted by Crippen LogP contribution is -2.22. The molecule has 1 aromatic carbocycles. The largest absolute Gasteiger partial charge is 0.490 e. The third kappa shape index (κ3) is 4.33. The molecule has 1 aromatic heterocycles. The van der Waals surface area contributed by atoms with Crippen LogP contribution in [0.5, 0.6) is 5.75 Å². The number of sulfonamides is 1. The Balaban J connectivity index is 1.82. The first-order valence-corrected chi connectivity index (χ1v) is 8.31. The standard InChI is InChI=1S/C15H18N2O5S/c1-17(2)23(19,20)13-7-5-12(6-8-13)21-10-11-22-15(18)14-4-3-9-16-14/h3-9,16H,10-11H2,1-2H3. The minimum atomic E-state index is -3.45. The van der Waals surface area contributed by atoms with Crippen molar-refractivity contribution in [1.29, 1.82) is 0 Å². The smallest absolute Gasteiger partial charge is 0.354 e. The van der Waals surface area contributed by atoms with Crippen molar-refractivity contribution in [2.75, 3.05) is 27.3 Å². The lowest BCUT2D eigenvalue weighted by molar-refractivity contribution is 0.0444. The maximum Gasteiger partial charge on any atom is 0.354 e. The van der Waals surface area contributed by atoms with E-state index in [1.165, 1.54) is 26.2 Å². The topological polar surface area (TPSA) is 88.7 Å². The highest BCUT2D eigenvalue weighted by atomic mass is 32.2. The summed E-state index contributed by atoms with van der Waals surface area (Å²) in [5.74, 6) is 0.0460. The van der Waals surface area contributed by atoms with E-state index in [9.17, 15) is 13.2 Å². The Kier molecular flexibility index (Phi) is 5.41. The van der Waals surface area contributed by atoms with Crippen LogP contribution < -0.4 is 4.74 Å². The highest BCUT2D eigenvalue weighted by Gasteiger charge is 2.16. The zero-order valence-electron chi connectivity index (χ0n) is 12.9. The fraction of sp³-hybridized carbons (Fsp3) is 0.267. The van der Waals surface area contributed by atoms with Crippen molar-refractivity contribution in [2.45, 2.75) is 4.90 Å². The van der Waals surface area contributed by atoms with Crippen LogP contribution in [0.25, 0.3) is 0 Å². The molecular weight excluding hydrogens is 320 g/mol. The van der Waals surface area contributed by atoms with Crippen molar-refractivity contribution in [1.82, 2.24) is 9.29 Å². The molecule has 2 aromatic rings. The molecule has 0 aliphatic carbocycles. The van der Waals surface area contributed by atoms with Gasteiger partial charge in [0.15, 0.2) is 0 Å². The molecule has 23 heavy (non-hydrogen) atoms. The molecule has 1 N–H and O–H groups in total. The van der Waals surface area contributed by atoms with Gasteiger partial charge in [0.1, 0.15) is 24.7 Å². The Bertz CT molecular complexity index is 737. The van der Waals surface area contributed by atoms with Crippen LogP contribution in [0.1, 0.15) is 10.5 Å². The summed E-state index contributed by atoms with van der Waals surface area (Å²) in [6, 6.07) is 9.38. The molecule has 0 atom stereocenters. The molecule has 124 valence electrons. The summed E-state index contributed by atoms with van der Waals surface area (Å²) in [6.07, 6.45) is 1.64. The highest BCUT2D eigenvalue weighted by molar-refractivity contribution is 7.89. The molecule has 0 fully saturated rings. The molecule has 0 bridgehead atoms. The third-order valence-corrected chi connectivity index (χ3v) is 4.83. The first kappa shape index (κ1) is 17.0. The first-order valence-electron chi connectivity index (χ1n) is 6.87. The second-order valence-corrected chi connectivity index (χ2v) is 6.98. The summed E-state index contributed by atoms with van der Waals surface area (Å²) in [7, 11) is -0.509. The summed E-state index contributed by atoms with van der Waals surface area (Å²) in [4.78, 5) is 14.5. The normalized spacial score (nSPS) is 11.4. The van der Waals surface area contributed by atoms with E-state index in [0.717, 1.165) is 4.31 Å². The fourth-order valence-electron chi connectivity index (χ4n) is 1.75. The number of carbonyl (C=O) groups excluding carboxylic acids is 1. The van der Waals surface area contributed by atoms with Crippen LogP contribution in [-0.2, 0) is 14.8 Å². The predicted molar refractivity (Wildman–Crippen MR) is 83.9 cm³/mol. The minimum Gasteiger partial charge on any atom is -0.490 e. The Hall–Kier alpha value is -2.32. The van der Waals surface area contributed by atoms with Gasteiger partial charge in [-0.05, 0) is 36.4 Å². The van der Waals surface area contributed by atoms with Gasteiger partial charge < -0.3 is 14.5 Å². The summed E-state index contributed by atoms with van der Waals surface area (Å²) in [6.45, 7) is 0.266. The van der Waals surface area contributed by atoms with E-state index in [1.807, 2.05) is 0 Å². The van der Waals surface area contributed by atoms with E-state index < -0.39 is 16.0 Å². The molecule has 0 aliphatic heterocycles. The number of nitrogens with one attached hydrogen (secondary N) is 1. The monoisotopic (exact) mass is 338 g/mol. The molecule has 7 nitrogen and oxygen atoms in total. The van der Waals surface area contributed by atoms with Gasteiger partial charge in [0.2, 0.25) is 10.0 Å². The molecular formula is C15H18N2O5S. The lowest BCUT2D eigenvalue weighted by Gasteiger charge is -2.12. The Morgan fingerprint density at radius 2 is 1.83 bits per heavy atom. The highest BCUT2D eigenvalue weighted by Crippen LogP contribution is 2.18. The van der Waals surface area contributed by atoms with Crippen LogP contribution >= 0.6 is 0 Å². The number of hydrogen-bond donors (Lipinski definition) is 1. The van der Waals surface area contributed by atoms with Gasteiger partial charge >= 0.3 is 5.97 Å². The van der Waals surface area contributed by atoms with E-state index in [4.69, 9.17) is 9.47 Å². The van der Waals surface area contributed by atoms with Gasteiger partial charge in [-0.15, -0.1) is 0 Å². The number of aromatic nitrogens is 1. The van der Waals surface area contributed by atoms with Crippen molar-refractivity contribution in [3.63, 3.8) is 0 Å². The quantitative estimate of drug-likeness (QED) is 0.610. The van der Waals surface area contributed by atoms with E-state index in [0.29, 0.717) is 11.4 Å². The lowest BCUT2D eigenvalue weighted by atomic mass is 10.3. The zero-order chi connectivity index (χ0) is 16.9. The van der Waals surface area contributed by atoms with Gasteiger partial charge in [0, 0.05) is 20.3 Å². The van der Waals surface area contributed by atoms with E-state index in [1.54, 1.807) is 30.5 Å². The molecule has 0 radical (unpaired) electrons. The Labute approximate surface area is 134 Å². The van der Waals surface area contributed by atoms with Gasteiger partial charge in [-0.3, -0.25) is 0 Å². The number of rotatable bonds is 7. The van der Waals surface area contributed by atoms with Crippen LogP contribution in [0.2, 0.25) is 0 Å². The Morgan fingerprint density at radius 1 is 1.13 bits per heavy atom. The number of nitrogens with zero attached hydrogens (tertiary/aromatic N) is 1. The summed E-state index contributed by atoms with van der Waals surface area (Å²) in [5.41, 5.74) is 0.378. The fourth-order valence-corrected chi connectivity index (χ4v) is 2.65. The molecule has 0 spiro atoms. The van der Waals surface area contributed by atoms with Crippen molar-refractivity contribution in [3.05, 3.63) is 48.3 Å². The second-order valence-electron chi connectivity index (χ2n) is 4.83. The van der Waals surface area contributed by atoms with Crippen molar-refractivity contribution >= 4 is 16.0 Å². The van der Waals surface area contributed by atoms with Crippen LogP contribution in [0.4, 0.5) is 0 Å². The van der Waals surface area contributed by atoms with E-state index in [2.05, 4.69) is 4.98 Å². The van der Waals surface area contributed by atoms with Crippen LogP contribution in [0, 0.1) is 0 Å². The van der Waals surface area contributed by atoms with Crippen molar-refractivity contribution < 1.29 is 22.7 Å². The number of benzene rings is 1. The van der Waals surface area contributed by atoms with Crippen LogP contribution in [0.3, 0.4) is 0 Å². The molecule has 1 heterocycles. The maximum absolute atomic E-state index is 11.9. The number of carbonyl (C=O) groups is 1. The van der Waals surface area contributed by atoms with Crippen molar-refractivity contribution in [2.24, 2.45) is 0 Å². The third-order valence-electron chi connectivity index (χ3n) is 3.01. The summed E-state index contributed by atoms with van der Waals surface area (Å²) in [5, 5.41) is 0. The summed E-state index contributed by atoms with van der Waals surface area (Å²) >= 11 is 0. The average Bonchev–Trinajstić information content (AvgIpc) is 3.06. The second kappa shape index (κ2) is 7.30. The molecule has 0 saturated heterocycles. The van der Waals surface area contributed by atoms with Gasteiger partial charge in [0.05, 0.1) is 4.90 Å². The first-order chi connectivity index (χ1) is 10.9. The van der Waals surface area contributed by atoms with Gasteiger partial charge in [-0.2, -0.15) is 0 Å². The number of H-pyrrole nitrogens is 1. The predicted octanol–water partition coefficient (Wildman–Crippen LogP) is 1.50. The van der Waals surface area contributed by atoms with Crippen molar-refractivity contribution in [3.8, 4) is 5.75 Å². The van der Waals surface area contributed by atoms with Gasteiger partial charge in [-0.1, -0.05) is 0 Å². The molecule has 0 amide bonds. The number of esters is 1. The molecule has 8 heteroatoms. The number of ether oxygens (including phenoxy) is 2. The number of aromatic amines is 1. The molecule has 0 saturated carbocycles. The van der Waals surface area contributed by atoms with Crippen LogP contribution in [-0.4, -0.2) is 51.0 Å². The minimum absolute atomic E-state index is 0.0929. The SMILES string of the molecule is CN(C)S(=O)(=O)c1ccc(OCCOC(=O)c2ccc[nH]2)cc1. The van der Waals surface area contributed by atoms with Gasteiger partial charge in [-0.25, -0.2) is 17.5 Å². The number of hydrogen-bond acceptors (Lipinski definition) is 5. The maximum atomic E-state index is 11.9. The molecule has 2 rings (SSSR count). The zero-order valence-corrected chi connectivity index (χ0v) is 13.7. The van der Waals surface area contributed by atoms with E-state index >= 15 is 0 Å². The van der Waals surface area contributed by atoms with E-state index in [-0.39, 0.29) is 18.1 Å². The molecule has 0 unspecified atom stereocenters. The molecule has 0 aliphatic rings. The Morgan fingerprint density at radius 3 is 2.39 bits per heavy atom. The van der Waals surface area contributed by atoms with Crippen LogP contribution in [0.15, 0.2) is 47.5 Å². The summed E-state index contributed by atoms with van der Waals surface area (Å²) < 4.78 is 35.4. The average molecular weight is 338 g/mol. The van der Waals surface area contributed by atoms with Gasteiger partial charge in [0.25, 0.3) is 0 Å².